The molecule has 10 N–H and O–H groups in total. The summed E-state index contributed by atoms with van der Waals surface area (Å²) >= 11 is 1.62. The van der Waals surface area contributed by atoms with E-state index in [1.807, 2.05) is 0 Å². The highest BCUT2D eigenvalue weighted by Gasteiger charge is 2.61. The Bertz CT molecular complexity index is 1180. The number of aliphatic hydroxyl groups excluding tert-OH is 8. The number of methoxy groups -OCH3 is 2. The molecular formula is C29H45IO20. The Labute approximate surface area is 298 Å². The van der Waals surface area contributed by atoms with Gasteiger partial charge in [-0.15, -0.1) is 4.89 Å². The predicted octanol–water partition coefficient (Wildman–Crippen LogP) is -3.94. The quantitative estimate of drug-likeness (QED) is 0.0262. The third-order valence-corrected chi connectivity index (χ3v) is 11.1. The second-order valence-electron chi connectivity index (χ2n) is 12.8. The molecule has 3 rings (SSSR count). The van der Waals surface area contributed by atoms with Gasteiger partial charge in [-0.25, -0.2) is 14.4 Å². The number of carbonyl (C=O) groups excluding carboxylic acids is 2. The van der Waals surface area contributed by atoms with Gasteiger partial charge in [0.15, 0.2) is 18.5 Å². The van der Waals surface area contributed by atoms with Crippen molar-refractivity contribution in [2.24, 2.45) is 23.7 Å². The Kier molecular flexibility index (Phi) is 15.3. The molecule has 21 heteroatoms. The monoisotopic (exact) mass is 840 g/mol. The van der Waals surface area contributed by atoms with E-state index in [4.69, 9.17) is 24.0 Å². The first-order valence-electron chi connectivity index (χ1n) is 15.6. The van der Waals surface area contributed by atoms with Crippen molar-refractivity contribution < 1.29 is 99.0 Å². The molecule has 0 radical (unpaired) electrons. The van der Waals surface area contributed by atoms with Crippen LogP contribution in [0.2, 0.25) is 0 Å². The standard InChI is InChI=1S/C29H45IO20/c1-9-11(18(35)25(39)40)7-13(32)19(36)24-23(45-2)15(30)27(43)49-50-29(9,48-24)8-12-17(34)20(37)14(47-22(12)26(41)42)6-10(4-5-31)16(33)21(38)28(44)46-3/h5,9-24,28,32-38,44H,4,6-8H2,1-3H3,(H,39,40)(H,41,42). The molecule has 0 spiro atoms. The van der Waals surface area contributed by atoms with Gasteiger partial charge in [0.25, 0.3) is 0 Å². The van der Waals surface area contributed by atoms with Crippen LogP contribution in [0.25, 0.3) is 0 Å². The molecule has 3 aliphatic rings. The number of fused-ring (bicyclic) bond motifs is 2. The van der Waals surface area contributed by atoms with Gasteiger partial charge in [0, 0.05) is 44.8 Å². The summed E-state index contributed by atoms with van der Waals surface area (Å²) in [5, 5.41) is 106. The Morgan fingerprint density at radius 1 is 1.04 bits per heavy atom. The molecule has 0 aliphatic carbocycles. The zero-order valence-corrected chi connectivity index (χ0v) is 29.3. The topological polar surface area (TPSA) is 326 Å². The Morgan fingerprint density at radius 3 is 2.22 bits per heavy atom. The van der Waals surface area contributed by atoms with Crippen molar-refractivity contribution in [2.45, 2.75) is 116 Å². The number of carboxylic acids is 2. The molecule has 0 aromatic heterocycles. The van der Waals surface area contributed by atoms with Crippen LogP contribution in [0, 0.1) is 23.7 Å². The van der Waals surface area contributed by atoms with Crippen LogP contribution in [-0.2, 0) is 47.9 Å². The SMILES string of the molecule is COC(O)C(O)C(O)C(CC=O)CC1OC(C(=O)O)C(CC23OOC(=O)C(I)C(OC)C(O2)C(O)C(O)CC(C(O)C(=O)O)C3C)C(O)C1O. The summed E-state index contributed by atoms with van der Waals surface area (Å²) in [4.78, 5) is 59.6. The number of carboxylic acid groups (broad SMARTS) is 2. The van der Waals surface area contributed by atoms with Crippen LogP contribution in [-0.4, -0.2) is 173 Å². The summed E-state index contributed by atoms with van der Waals surface area (Å²) in [6.45, 7) is 1.27. The number of hydrogen-bond donors (Lipinski definition) is 10. The minimum absolute atomic E-state index is 0.361. The molecule has 18 atom stereocenters. The molecule has 0 amide bonds. The Balaban J connectivity index is 2.09. The van der Waals surface area contributed by atoms with E-state index in [1.165, 1.54) is 6.92 Å². The van der Waals surface area contributed by atoms with Crippen molar-refractivity contribution in [1.82, 2.24) is 0 Å². The maximum absolute atomic E-state index is 13.0. The minimum Gasteiger partial charge on any atom is -0.479 e. The second kappa shape index (κ2) is 17.9. The van der Waals surface area contributed by atoms with Crippen LogP contribution in [0.4, 0.5) is 0 Å². The molecular weight excluding hydrogens is 795 g/mol. The number of ether oxygens (including phenoxy) is 4. The number of aliphatic hydroxyl groups is 8. The molecule has 3 saturated heterocycles. The fraction of sp³-hybridized carbons (Fsp3) is 0.862. The number of hydrogen-bond acceptors (Lipinski definition) is 18. The van der Waals surface area contributed by atoms with E-state index in [9.17, 15) is 70.2 Å². The largest absolute Gasteiger partial charge is 0.479 e. The predicted molar refractivity (Wildman–Crippen MR) is 167 cm³/mol. The van der Waals surface area contributed by atoms with E-state index in [1.54, 1.807) is 22.6 Å². The molecule has 3 heterocycles. The van der Waals surface area contributed by atoms with E-state index < -0.39 is 150 Å². The molecule has 20 nitrogen and oxygen atoms in total. The lowest BCUT2D eigenvalue weighted by molar-refractivity contribution is -0.455. The Hall–Kier alpha value is -1.71. The van der Waals surface area contributed by atoms with E-state index in [-0.39, 0.29) is 0 Å². The normalized spacial score (nSPS) is 41.2. The van der Waals surface area contributed by atoms with Crippen molar-refractivity contribution in [3.05, 3.63) is 0 Å². The van der Waals surface area contributed by atoms with Gasteiger partial charge in [-0.1, -0.05) is 29.5 Å². The van der Waals surface area contributed by atoms with Crippen LogP contribution in [0.3, 0.4) is 0 Å². The molecule has 0 aromatic carbocycles. The summed E-state index contributed by atoms with van der Waals surface area (Å²) in [5.41, 5.74) is 0. The van der Waals surface area contributed by atoms with E-state index in [0.29, 0.717) is 6.29 Å². The number of carbonyl (C=O) groups is 4. The molecule has 0 aromatic rings. The lowest BCUT2D eigenvalue weighted by Crippen LogP contribution is -2.66. The summed E-state index contributed by atoms with van der Waals surface area (Å²) in [6, 6.07) is 0. The van der Waals surface area contributed by atoms with Gasteiger partial charge in [-0.2, -0.15) is 0 Å². The average Bonchev–Trinajstić information content (AvgIpc) is 3.08. The van der Waals surface area contributed by atoms with Gasteiger partial charge < -0.3 is 74.8 Å². The highest BCUT2D eigenvalue weighted by atomic mass is 127. The first kappa shape index (κ1) is 42.7. The molecule has 0 saturated carbocycles. The van der Waals surface area contributed by atoms with Crippen LogP contribution in [0.5, 0.6) is 0 Å². The molecule has 18 unspecified atom stereocenters. The van der Waals surface area contributed by atoms with Crippen LogP contribution in [0.1, 0.15) is 32.6 Å². The minimum atomic E-state index is -2.51. The summed E-state index contributed by atoms with van der Waals surface area (Å²) in [5.74, 6) is -13.0. The fourth-order valence-corrected chi connectivity index (χ4v) is 7.70. The zero-order valence-electron chi connectivity index (χ0n) is 27.2. The van der Waals surface area contributed by atoms with E-state index in [2.05, 4.69) is 4.74 Å². The maximum atomic E-state index is 13.0. The van der Waals surface area contributed by atoms with Crippen molar-refractivity contribution in [3.63, 3.8) is 0 Å². The van der Waals surface area contributed by atoms with Crippen molar-refractivity contribution in [1.29, 1.82) is 0 Å². The number of alkyl halides is 1. The highest BCUT2D eigenvalue weighted by Crippen LogP contribution is 2.47. The lowest BCUT2D eigenvalue weighted by atomic mass is 9.71. The number of aldehydes is 1. The number of rotatable bonds is 14. The third kappa shape index (κ3) is 8.90. The van der Waals surface area contributed by atoms with Gasteiger partial charge in [0.05, 0.1) is 24.4 Å². The molecule has 50 heavy (non-hydrogen) atoms. The number of aliphatic carboxylic acids is 2. The van der Waals surface area contributed by atoms with Gasteiger partial charge in [-0.05, 0) is 18.8 Å². The van der Waals surface area contributed by atoms with Crippen molar-refractivity contribution >= 4 is 46.8 Å². The summed E-state index contributed by atoms with van der Waals surface area (Å²) in [6.07, 6.45) is -24.3. The van der Waals surface area contributed by atoms with Gasteiger partial charge in [0.2, 0.25) is 5.79 Å². The molecule has 3 fully saturated rings. The Morgan fingerprint density at radius 2 is 1.68 bits per heavy atom. The van der Waals surface area contributed by atoms with Crippen LogP contribution >= 0.6 is 22.6 Å². The van der Waals surface area contributed by atoms with Crippen molar-refractivity contribution in [2.75, 3.05) is 14.2 Å². The van der Waals surface area contributed by atoms with E-state index >= 15 is 0 Å². The second-order valence-corrected chi connectivity index (χ2v) is 14.1. The third-order valence-electron chi connectivity index (χ3n) is 9.89. The molecule has 2 bridgehead atoms. The highest BCUT2D eigenvalue weighted by molar-refractivity contribution is 14.1. The fourth-order valence-electron chi connectivity index (χ4n) is 6.90. The molecule has 288 valence electrons. The van der Waals surface area contributed by atoms with Crippen LogP contribution in [0.15, 0.2) is 0 Å². The molecule has 3 aliphatic heterocycles. The first-order chi connectivity index (χ1) is 23.4. The lowest BCUT2D eigenvalue weighted by Gasteiger charge is -2.52. The number of halogens is 1. The summed E-state index contributed by atoms with van der Waals surface area (Å²) in [7, 11) is 2.19. The average molecular weight is 841 g/mol. The smallest absolute Gasteiger partial charge is 0.357 e. The van der Waals surface area contributed by atoms with Gasteiger partial charge >= 0.3 is 17.9 Å². The zero-order chi connectivity index (χ0) is 37.8. The summed E-state index contributed by atoms with van der Waals surface area (Å²) < 4.78 is 20.7. The van der Waals surface area contributed by atoms with Crippen molar-refractivity contribution in [3.8, 4) is 0 Å². The first-order valence-corrected chi connectivity index (χ1v) is 16.9. The van der Waals surface area contributed by atoms with Gasteiger partial charge in [-0.3, -0.25) is 4.89 Å². The van der Waals surface area contributed by atoms with E-state index in [0.717, 1.165) is 14.2 Å². The van der Waals surface area contributed by atoms with Crippen LogP contribution < -0.4 is 0 Å². The maximum Gasteiger partial charge on any atom is 0.357 e. The van der Waals surface area contributed by atoms with Gasteiger partial charge in [0.1, 0.15) is 40.7 Å².